The van der Waals surface area contributed by atoms with Crippen molar-refractivity contribution in [3.63, 3.8) is 0 Å². The summed E-state index contributed by atoms with van der Waals surface area (Å²) in [4.78, 5) is 12.8. The Labute approximate surface area is 119 Å². The zero-order valence-corrected chi connectivity index (χ0v) is 12.1. The molecule has 0 radical (unpaired) electrons. The molecular weight excluding hydrogens is 310 g/mol. The summed E-state index contributed by atoms with van der Waals surface area (Å²) in [6.45, 7) is 1.35. The van der Waals surface area contributed by atoms with Gasteiger partial charge < -0.3 is 9.52 Å². The average molecular weight is 324 g/mol. The largest absolute Gasteiger partial charge is 0.478 e. The second-order valence-electron chi connectivity index (χ2n) is 4.41. The molecule has 4 nitrogen and oxygen atoms in total. The Morgan fingerprint density at radius 3 is 2.58 bits per heavy atom. The van der Waals surface area contributed by atoms with E-state index in [0.29, 0.717) is 12.3 Å². The number of hydrogen-bond donors (Lipinski definition) is 1. The van der Waals surface area contributed by atoms with Crippen molar-refractivity contribution in [1.29, 1.82) is 0 Å². The summed E-state index contributed by atoms with van der Waals surface area (Å²) in [5, 5.41) is 8.82. The Morgan fingerprint density at radius 1 is 1.32 bits per heavy atom. The third kappa shape index (κ3) is 3.94. The number of halogens is 1. The Kier molecular flexibility index (Phi) is 4.39. The maximum Gasteiger partial charge on any atom is 0.338 e. The third-order valence-electron chi connectivity index (χ3n) is 2.69. The number of hydrogen-bond acceptors (Lipinski definition) is 3. The van der Waals surface area contributed by atoms with E-state index in [2.05, 4.69) is 20.8 Å². The van der Waals surface area contributed by atoms with Crippen LogP contribution >= 0.6 is 15.9 Å². The number of carbonyl (C=O) groups is 1. The highest BCUT2D eigenvalue weighted by atomic mass is 79.9. The van der Waals surface area contributed by atoms with Gasteiger partial charge in [0, 0.05) is 11.0 Å². The molecule has 0 spiro atoms. The second-order valence-corrected chi connectivity index (χ2v) is 5.32. The van der Waals surface area contributed by atoms with Gasteiger partial charge >= 0.3 is 5.97 Å². The van der Waals surface area contributed by atoms with Crippen LogP contribution in [0.2, 0.25) is 0 Å². The quantitative estimate of drug-likeness (QED) is 0.916. The molecular formula is C14H14BrNO3. The van der Waals surface area contributed by atoms with Gasteiger partial charge in [-0.1, -0.05) is 28.1 Å². The van der Waals surface area contributed by atoms with Gasteiger partial charge in [-0.3, -0.25) is 4.90 Å². The lowest BCUT2D eigenvalue weighted by molar-refractivity contribution is 0.0696. The van der Waals surface area contributed by atoms with Crippen LogP contribution in [0.4, 0.5) is 0 Å². The minimum absolute atomic E-state index is 0.187. The molecule has 1 heterocycles. The lowest BCUT2D eigenvalue weighted by Gasteiger charge is -2.15. The van der Waals surface area contributed by atoms with E-state index in [1.165, 1.54) is 11.8 Å². The van der Waals surface area contributed by atoms with Gasteiger partial charge in [0.15, 0.2) is 0 Å². The van der Waals surface area contributed by atoms with Gasteiger partial charge in [0.05, 0.1) is 12.1 Å². The predicted octanol–water partition coefficient (Wildman–Crippen LogP) is 3.37. The zero-order valence-electron chi connectivity index (χ0n) is 10.5. The maximum absolute atomic E-state index is 10.7. The van der Waals surface area contributed by atoms with Crippen LogP contribution in [-0.2, 0) is 13.1 Å². The smallest absolute Gasteiger partial charge is 0.338 e. The van der Waals surface area contributed by atoms with Crippen molar-refractivity contribution in [3.8, 4) is 0 Å². The molecule has 19 heavy (non-hydrogen) atoms. The number of aromatic carboxylic acids is 1. The topological polar surface area (TPSA) is 53.7 Å². The van der Waals surface area contributed by atoms with Crippen LogP contribution in [0.3, 0.4) is 0 Å². The number of benzene rings is 1. The van der Waals surface area contributed by atoms with E-state index in [4.69, 9.17) is 9.52 Å². The van der Waals surface area contributed by atoms with Crippen molar-refractivity contribution in [3.05, 3.63) is 58.0 Å². The number of nitrogens with zero attached hydrogens (tertiary/aromatic N) is 1. The molecule has 5 heteroatoms. The van der Waals surface area contributed by atoms with Gasteiger partial charge in [-0.25, -0.2) is 4.79 Å². The van der Waals surface area contributed by atoms with E-state index in [-0.39, 0.29) is 5.56 Å². The molecule has 0 bridgehead atoms. The highest BCUT2D eigenvalue weighted by Crippen LogP contribution is 2.14. The number of rotatable bonds is 5. The first-order chi connectivity index (χ1) is 9.04. The molecule has 0 fully saturated rings. The highest BCUT2D eigenvalue weighted by Gasteiger charge is 2.10. The fourth-order valence-electron chi connectivity index (χ4n) is 1.80. The minimum atomic E-state index is -0.967. The predicted molar refractivity (Wildman–Crippen MR) is 75.0 cm³/mol. The average Bonchev–Trinajstić information content (AvgIpc) is 2.80. The standard InChI is InChI=1S/C14H14BrNO3/c1-16(7-10-2-4-12(15)5-3-10)8-13-6-11(9-19-13)14(17)18/h2-6,9H,7-8H2,1H3,(H,17,18). The summed E-state index contributed by atoms with van der Waals surface area (Å²) in [5.41, 5.74) is 1.38. The summed E-state index contributed by atoms with van der Waals surface area (Å²) < 4.78 is 6.28. The normalized spacial score (nSPS) is 10.9. The van der Waals surface area contributed by atoms with Crippen LogP contribution in [-0.4, -0.2) is 23.0 Å². The molecule has 0 amide bonds. The molecule has 0 aliphatic heterocycles. The van der Waals surface area contributed by atoms with Gasteiger partial charge in [0.1, 0.15) is 12.0 Å². The molecule has 0 aliphatic rings. The monoisotopic (exact) mass is 323 g/mol. The Balaban J connectivity index is 1.94. The van der Waals surface area contributed by atoms with Crippen molar-refractivity contribution in [1.82, 2.24) is 4.90 Å². The van der Waals surface area contributed by atoms with Crippen molar-refractivity contribution in [2.24, 2.45) is 0 Å². The summed E-state index contributed by atoms with van der Waals surface area (Å²) in [5.74, 6) is -0.317. The van der Waals surface area contributed by atoms with Gasteiger partial charge in [-0.05, 0) is 30.8 Å². The van der Waals surface area contributed by atoms with Crippen LogP contribution in [0.1, 0.15) is 21.7 Å². The van der Waals surface area contributed by atoms with Crippen molar-refractivity contribution in [2.75, 3.05) is 7.05 Å². The van der Waals surface area contributed by atoms with Gasteiger partial charge in [-0.2, -0.15) is 0 Å². The van der Waals surface area contributed by atoms with Crippen LogP contribution in [0.5, 0.6) is 0 Å². The summed E-state index contributed by atoms with van der Waals surface area (Å²) in [7, 11) is 1.96. The Bertz CT molecular complexity index is 562. The van der Waals surface area contributed by atoms with E-state index in [0.717, 1.165) is 11.0 Å². The first-order valence-electron chi connectivity index (χ1n) is 5.78. The summed E-state index contributed by atoms with van der Waals surface area (Å²) in [6, 6.07) is 9.65. The van der Waals surface area contributed by atoms with Crippen LogP contribution in [0.25, 0.3) is 0 Å². The molecule has 0 saturated carbocycles. The van der Waals surface area contributed by atoms with Gasteiger partial charge in [0.2, 0.25) is 0 Å². The second kappa shape index (κ2) is 6.04. The molecule has 1 aromatic carbocycles. The van der Waals surface area contributed by atoms with E-state index < -0.39 is 5.97 Å². The van der Waals surface area contributed by atoms with Crippen LogP contribution in [0, 0.1) is 0 Å². The number of carboxylic acid groups (broad SMARTS) is 1. The van der Waals surface area contributed by atoms with Crippen molar-refractivity contribution in [2.45, 2.75) is 13.1 Å². The molecule has 100 valence electrons. The first kappa shape index (κ1) is 13.8. The Morgan fingerprint density at radius 2 is 2.00 bits per heavy atom. The maximum atomic E-state index is 10.7. The third-order valence-corrected chi connectivity index (χ3v) is 3.22. The van der Waals surface area contributed by atoms with Crippen molar-refractivity contribution >= 4 is 21.9 Å². The number of furan rings is 1. The summed E-state index contributed by atoms with van der Waals surface area (Å²) >= 11 is 3.40. The molecule has 1 N–H and O–H groups in total. The first-order valence-corrected chi connectivity index (χ1v) is 6.57. The molecule has 0 aliphatic carbocycles. The van der Waals surface area contributed by atoms with Crippen LogP contribution < -0.4 is 0 Å². The highest BCUT2D eigenvalue weighted by molar-refractivity contribution is 9.10. The Hall–Kier alpha value is -1.59. The van der Waals surface area contributed by atoms with Gasteiger partial charge in [-0.15, -0.1) is 0 Å². The minimum Gasteiger partial charge on any atom is -0.478 e. The molecule has 2 rings (SSSR count). The van der Waals surface area contributed by atoms with Gasteiger partial charge in [0.25, 0.3) is 0 Å². The molecule has 2 aromatic rings. The molecule has 0 atom stereocenters. The summed E-state index contributed by atoms with van der Waals surface area (Å²) in [6.07, 6.45) is 1.27. The van der Waals surface area contributed by atoms with Crippen LogP contribution in [0.15, 0.2) is 45.5 Å². The molecule has 0 unspecified atom stereocenters. The van der Waals surface area contributed by atoms with E-state index >= 15 is 0 Å². The fourth-order valence-corrected chi connectivity index (χ4v) is 2.06. The lowest BCUT2D eigenvalue weighted by Crippen LogP contribution is -2.16. The molecule has 1 aromatic heterocycles. The van der Waals surface area contributed by atoms with Crippen molar-refractivity contribution < 1.29 is 14.3 Å². The molecule has 0 saturated heterocycles. The fraction of sp³-hybridized carbons (Fsp3) is 0.214. The zero-order chi connectivity index (χ0) is 13.8. The lowest BCUT2D eigenvalue weighted by atomic mass is 10.2. The number of carboxylic acids is 1. The van der Waals surface area contributed by atoms with E-state index in [1.807, 2.05) is 31.3 Å². The van der Waals surface area contributed by atoms with E-state index in [1.54, 1.807) is 6.07 Å². The van der Waals surface area contributed by atoms with E-state index in [9.17, 15) is 4.79 Å². The SMILES string of the molecule is CN(Cc1ccc(Br)cc1)Cc1cc(C(=O)O)co1.